The Morgan fingerprint density at radius 2 is 2.07 bits per heavy atom. The number of nitrogens with one attached hydrogen (secondary N) is 2. The lowest BCUT2D eigenvalue weighted by Gasteiger charge is -2.36. The Kier molecular flexibility index (Phi) is 5.27. The second-order valence-corrected chi connectivity index (χ2v) is 6.69. The molecule has 0 unspecified atom stereocenters. The van der Waals surface area contributed by atoms with E-state index in [2.05, 4.69) is 31.2 Å². The molecule has 2 N–H and O–H groups in total. The molecule has 0 radical (unpaired) electrons. The van der Waals surface area contributed by atoms with Crippen LogP contribution in [0.4, 0.5) is 0 Å². The summed E-state index contributed by atoms with van der Waals surface area (Å²) in [6.45, 7) is 3.55. The van der Waals surface area contributed by atoms with E-state index in [4.69, 9.17) is 4.42 Å². The van der Waals surface area contributed by atoms with Gasteiger partial charge in [-0.3, -0.25) is 9.79 Å². The van der Waals surface area contributed by atoms with Crippen LogP contribution in [0.5, 0.6) is 0 Å². The van der Waals surface area contributed by atoms with Crippen LogP contribution in [0.3, 0.4) is 0 Å². The van der Waals surface area contributed by atoms with Crippen molar-refractivity contribution in [1.29, 1.82) is 0 Å². The molecule has 0 bridgehead atoms. The van der Waals surface area contributed by atoms with Gasteiger partial charge in [0.1, 0.15) is 5.65 Å². The van der Waals surface area contributed by atoms with Crippen LogP contribution in [-0.4, -0.2) is 71.4 Å². The number of piperazine rings is 1. The fraction of sp³-hybridized carbons (Fsp3) is 0.350. The van der Waals surface area contributed by atoms with Crippen molar-refractivity contribution >= 4 is 22.9 Å². The molecule has 0 saturated carbocycles. The maximum Gasteiger partial charge on any atom is 0.289 e. The molecule has 4 rings (SSSR count). The van der Waals surface area contributed by atoms with Gasteiger partial charge >= 0.3 is 0 Å². The minimum Gasteiger partial charge on any atom is -0.459 e. The molecule has 8 nitrogen and oxygen atoms in total. The van der Waals surface area contributed by atoms with Crippen LogP contribution in [0.15, 0.2) is 52.3 Å². The molecule has 0 aliphatic carbocycles. The van der Waals surface area contributed by atoms with E-state index in [9.17, 15) is 4.79 Å². The highest BCUT2D eigenvalue weighted by molar-refractivity contribution is 5.91. The first-order chi connectivity index (χ1) is 13.8. The van der Waals surface area contributed by atoms with Crippen LogP contribution in [-0.2, 0) is 6.42 Å². The average molecular weight is 380 g/mol. The van der Waals surface area contributed by atoms with Crippen molar-refractivity contribution in [3.05, 3.63) is 54.2 Å². The van der Waals surface area contributed by atoms with Gasteiger partial charge in [0.05, 0.1) is 6.26 Å². The zero-order valence-electron chi connectivity index (χ0n) is 15.9. The van der Waals surface area contributed by atoms with Crippen molar-refractivity contribution in [2.75, 3.05) is 39.8 Å². The van der Waals surface area contributed by atoms with Crippen molar-refractivity contribution in [3.63, 3.8) is 0 Å². The average Bonchev–Trinajstić information content (AvgIpc) is 3.41. The van der Waals surface area contributed by atoms with Crippen LogP contribution < -0.4 is 5.32 Å². The van der Waals surface area contributed by atoms with E-state index in [0.29, 0.717) is 18.8 Å². The zero-order valence-corrected chi connectivity index (χ0v) is 15.9. The number of hydrogen-bond donors (Lipinski definition) is 2. The topological polar surface area (TPSA) is 89.8 Å². The summed E-state index contributed by atoms with van der Waals surface area (Å²) in [5.41, 5.74) is 2.15. The van der Waals surface area contributed by atoms with Crippen molar-refractivity contribution in [1.82, 2.24) is 25.1 Å². The van der Waals surface area contributed by atoms with Crippen molar-refractivity contribution in [2.45, 2.75) is 6.42 Å². The molecule has 3 aromatic heterocycles. The first kappa shape index (κ1) is 18.1. The summed E-state index contributed by atoms with van der Waals surface area (Å²) in [4.78, 5) is 28.3. The lowest BCUT2D eigenvalue weighted by molar-refractivity contribution is 0.0658. The van der Waals surface area contributed by atoms with Crippen LogP contribution in [0.25, 0.3) is 11.0 Å². The maximum atomic E-state index is 12.4. The number of rotatable bonds is 4. The van der Waals surface area contributed by atoms with Crippen LogP contribution in [0.1, 0.15) is 16.1 Å². The van der Waals surface area contributed by atoms with Gasteiger partial charge < -0.3 is 24.5 Å². The lowest BCUT2D eigenvalue weighted by Crippen LogP contribution is -2.53. The molecule has 8 heteroatoms. The molecule has 0 atom stereocenters. The highest BCUT2D eigenvalue weighted by Crippen LogP contribution is 2.15. The minimum atomic E-state index is -0.0551. The Morgan fingerprint density at radius 3 is 2.82 bits per heavy atom. The third-order valence-corrected chi connectivity index (χ3v) is 5.02. The van der Waals surface area contributed by atoms with Gasteiger partial charge in [-0.25, -0.2) is 4.98 Å². The number of amides is 1. The monoisotopic (exact) mass is 380 g/mol. The van der Waals surface area contributed by atoms with E-state index in [0.717, 1.165) is 43.0 Å². The smallest absolute Gasteiger partial charge is 0.289 e. The third kappa shape index (κ3) is 3.71. The molecular formula is C20H24N6O2. The molecule has 28 heavy (non-hydrogen) atoms. The van der Waals surface area contributed by atoms with Gasteiger partial charge in [-0.1, -0.05) is 0 Å². The highest BCUT2D eigenvalue weighted by atomic mass is 16.3. The molecule has 0 spiro atoms. The number of carbonyl (C=O) groups excluding carboxylic acids is 1. The number of pyridine rings is 1. The summed E-state index contributed by atoms with van der Waals surface area (Å²) in [6, 6.07) is 7.47. The molecule has 4 heterocycles. The number of aromatic nitrogens is 2. The summed E-state index contributed by atoms with van der Waals surface area (Å²) >= 11 is 0. The fourth-order valence-corrected chi connectivity index (χ4v) is 3.54. The SMILES string of the molecule is CN=C(NCCc1c[nH]c2ncccc12)N1CCN(C(=O)c2ccco2)CC1. The standard InChI is InChI=1S/C20H24N6O2/c1-21-20(23-8-6-15-14-24-18-16(15)4-2-7-22-18)26-11-9-25(10-12-26)19(27)17-5-3-13-28-17/h2-5,7,13-14H,6,8-12H2,1H3,(H,21,23)(H,22,24). The van der Waals surface area contributed by atoms with Gasteiger partial charge in [-0.05, 0) is 36.2 Å². The van der Waals surface area contributed by atoms with Gasteiger partial charge in [-0.15, -0.1) is 0 Å². The second-order valence-electron chi connectivity index (χ2n) is 6.69. The van der Waals surface area contributed by atoms with Crippen LogP contribution in [0.2, 0.25) is 0 Å². The van der Waals surface area contributed by atoms with E-state index in [1.165, 1.54) is 11.8 Å². The number of hydrogen-bond acceptors (Lipinski definition) is 4. The number of carbonyl (C=O) groups is 1. The molecule has 1 aliphatic rings. The van der Waals surface area contributed by atoms with E-state index in [-0.39, 0.29) is 5.91 Å². The minimum absolute atomic E-state index is 0.0551. The van der Waals surface area contributed by atoms with Crippen molar-refractivity contribution in [2.24, 2.45) is 4.99 Å². The molecule has 0 aromatic carbocycles. The predicted molar refractivity (Wildman–Crippen MR) is 107 cm³/mol. The second kappa shape index (κ2) is 8.16. The van der Waals surface area contributed by atoms with Crippen molar-refractivity contribution in [3.8, 4) is 0 Å². The Labute approximate surface area is 163 Å². The summed E-state index contributed by atoms with van der Waals surface area (Å²) in [6.07, 6.45) is 6.21. The van der Waals surface area contributed by atoms with Gasteiger partial charge in [0.15, 0.2) is 11.7 Å². The Balaban J connectivity index is 1.29. The maximum absolute atomic E-state index is 12.4. The van der Waals surface area contributed by atoms with Crippen LogP contribution in [0, 0.1) is 0 Å². The third-order valence-electron chi connectivity index (χ3n) is 5.02. The first-order valence-electron chi connectivity index (χ1n) is 9.45. The van der Waals surface area contributed by atoms with E-state index in [1.54, 1.807) is 25.4 Å². The first-order valence-corrected chi connectivity index (χ1v) is 9.45. The van der Waals surface area contributed by atoms with E-state index < -0.39 is 0 Å². The molecule has 1 saturated heterocycles. The van der Waals surface area contributed by atoms with Crippen LogP contribution >= 0.6 is 0 Å². The normalized spacial score (nSPS) is 15.2. The summed E-state index contributed by atoms with van der Waals surface area (Å²) < 4.78 is 5.22. The Bertz CT molecular complexity index is 954. The molecule has 1 aliphatic heterocycles. The fourth-order valence-electron chi connectivity index (χ4n) is 3.54. The quantitative estimate of drug-likeness (QED) is 0.531. The summed E-state index contributed by atoms with van der Waals surface area (Å²) in [7, 11) is 1.79. The number of furan rings is 1. The number of guanidine groups is 1. The molecule has 146 valence electrons. The van der Waals surface area contributed by atoms with Crippen molar-refractivity contribution < 1.29 is 9.21 Å². The Hall–Kier alpha value is -3.29. The van der Waals surface area contributed by atoms with Gasteiger partial charge in [0.25, 0.3) is 5.91 Å². The molecular weight excluding hydrogens is 356 g/mol. The number of fused-ring (bicyclic) bond motifs is 1. The number of H-pyrrole nitrogens is 1. The van der Waals surface area contributed by atoms with E-state index in [1.807, 2.05) is 17.2 Å². The zero-order chi connectivity index (χ0) is 19.3. The number of nitrogens with zero attached hydrogens (tertiary/aromatic N) is 4. The molecule has 1 fully saturated rings. The largest absolute Gasteiger partial charge is 0.459 e. The van der Waals surface area contributed by atoms with Gasteiger partial charge in [0, 0.05) is 57.6 Å². The number of aliphatic imine (C=N–C) groups is 1. The van der Waals surface area contributed by atoms with E-state index >= 15 is 0 Å². The molecule has 1 amide bonds. The summed E-state index contributed by atoms with van der Waals surface area (Å²) in [5.74, 6) is 1.20. The lowest BCUT2D eigenvalue weighted by atomic mass is 10.1. The summed E-state index contributed by atoms with van der Waals surface area (Å²) in [5, 5.41) is 4.59. The van der Waals surface area contributed by atoms with Gasteiger partial charge in [0.2, 0.25) is 0 Å². The molecule has 3 aromatic rings. The predicted octanol–water partition coefficient (Wildman–Crippen LogP) is 1.73. The number of aromatic amines is 1. The Morgan fingerprint density at radius 1 is 1.25 bits per heavy atom. The van der Waals surface area contributed by atoms with Gasteiger partial charge in [-0.2, -0.15) is 0 Å². The highest BCUT2D eigenvalue weighted by Gasteiger charge is 2.25.